The second kappa shape index (κ2) is 3.94. The molecular weight excluding hydrogens is 212 g/mol. The van der Waals surface area contributed by atoms with Gasteiger partial charge >= 0.3 is 0 Å². The number of hydrogen-bond acceptors (Lipinski definition) is 2. The summed E-state index contributed by atoms with van der Waals surface area (Å²) < 4.78 is 5.87. The van der Waals surface area contributed by atoms with Crippen LogP contribution < -0.4 is 4.74 Å². The van der Waals surface area contributed by atoms with Crippen molar-refractivity contribution in [2.24, 2.45) is 0 Å². The maximum Gasteiger partial charge on any atom is 0.138 e. The minimum absolute atomic E-state index is 0.821. The van der Waals surface area contributed by atoms with E-state index in [-0.39, 0.29) is 0 Å². The largest absolute Gasteiger partial charge is 0.457 e. The number of aryl methyl sites for hydroxylation is 1. The molecule has 3 aromatic rings. The summed E-state index contributed by atoms with van der Waals surface area (Å²) in [7, 11) is 0. The van der Waals surface area contributed by atoms with Crippen LogP contribution in [0.3, 0.4) is 0 Å². The van der Waals surface area contributed by atoms with Crippen LogP contribution in [0.1, 0.15) is 5.56 Å². The van der Waals surface area contributed by atoms with Gasteiger partial charge in [0.05, 0.1) is 17.1 Å². The lowest BCUT2D eigenvalue weighted by Crippen LogP contribution is -1.85. The summed E-state index contributed by atoms with van der Waals surface area (Å²) >= 11 is 0. The molecular formula is C14H12N2O. The van der Waals surface area contributed by atoms with Crippen LogP contribution in [0, 0.1) is 6.92 Å². The van der Waals surface area contributed by atoms with E-state index >= 15 is 0 Å². The van der Waals surface area contributed by atoms with Crippen LogP contribution in [0.4, 0.5) is 0 Å². The SMILES string of the molecule is Cc1cccc(Oc2cccc3[nH]ncc23)c1. The molecule has 0 spiro atoms. The third kappa shape index (κ3) is 1.87. The molecule has 0 unspecified atom stereocenters. The molecule has 3 rings (SSSR count). The van der Waals surface area contributed by atoms with Gasteiger partial charge in [0.15, 0.2) is 0 Å². The van der Waals surface area contributed by atoms with Crippen molar-refractivity contribution in [3.05, 3.63) is 54.2 Å². The van der Waals surface area contributed by atoms with Gasteiger partial charge in [0.2, 0.25) is 0 Å². The van der Waals surface area contributed by atoms with Gasteiger partial charge < -0.3 is 4.74 Å². The molecule has 0 aliphatic rings. The number of nitrogens with one attached hydrogen (secondary N) is 1. The van der Waals surface area contributed by atoms with Gasteiger partial charge in [-0.25, -0.2) is 0 Å². The van der Waals surface area contributed by atoms with Crippen molar-refractivity contribution in [2.45, 2.75) is 6.92 Å². The van der Waals surface area contributed by atoms with Gasteiger partial charge in [0, 0.05) is 0 Å². The van der Waals surface area contributed by atoms with E-state index in [1.165, 1.54) is 5.56 Å². The fourth-order valence-electron chi connectivity index (χ4n) is 1.84. The van der Waals surface area contributed by atoms with E-state index in [2.05, 4.69) is 10.2 Å². The zero-order valence-electron chi connectivity index (χ0n) is 9.47. The number of hydrogen-bond donors (Lipinski definition) is 1. The quantitative estimate of drug-likeness (QED) is 0.721. The molecule has 3 heteroatoms. The summed E-state index contributed by atoms with van der Waals surface area (Å²) in [5.74, 6) is 1.67. The Bertz CT molecular complexity index is 658. The number of fused-ring (bicyclic) bond motifs is 1. The van der Waals surface area contributed by atoms with Crippen LogP contribution in [0.25, 0.3) is 10.9 Å². The molecule has 3 nitrogen and oxygen atoms in total. The summed E-state index contributed by atoms with van der Waals surface area (Å²) in [5, 5.41) is 7.94. The number of nitrogens with zero attached hydrogens (tertiary/aromatic N) is 1. The van der Waals surface area contributed by atoms with Gasteiger partial charge in [-0.3, -0.25) is 5.10 Å². The number of aromatic nitrogens is 2. The van der Waals surface area contributed by atoms with Crippen molar-refractivity contribution in [2.75, 3.05) is 0 Å². The molecule has 1 heterocycles. The van der Waals surface area contributed by atoms with Gasteiger partial charge in [-0.05, 0) is 36.8 Å². The molecule has 0 saturated carbocycles. The van der Waals surface area contributed by atoms with E-state index in [0.717, 1.165) is 22.4 Å². The smallest absolute Gasteiger partial charge is 0.138 e. The van der Waals surface area contributed by atoms with Crippen molar-refractivity contribution in [1.82, 2.24) is 10.2 Å². The Morgan fingerprint density at radius 2 is 2.00 bits per heavy atom. The summed E-state index contributed by atoms with van der Waals surface area (Å²) in [5.41, 5.74) is 2.16. The molecule has 0 saturated heterocycles. The lowest BCUT2D eigenvalue weighted by molar-refractivity contribution is 0.488. The second-order valence-electron chi connectivity index (χ2n) is 4.01. The highest BCUT2D eigenvalue weighted by Gasteiger charge is 2.04. The molecule has 0 aliphatic heterocycles. The van der Waals surface area contributed by atoms with Crippen molar-refractivity contribution >= 4 is 10.9 Å². The van der Waals surface area contributed by atoms with E-state index < -0.39 is 0 Å². The molecule has 84 valence electrons. The number of ether oxygens (including phenoxy) is 1. The van der Waals surface area contributed by atoms with Crippen LogP contribution in [-0.4, -0.2) is 10.2 Å². The fraction of sp³-hybridized carbons (Fsp3) is 0.0714. The van der Waals surface area contributed by atoms with E-state index in [0.29, 0.717) is 0 Å². The first-order valence-corrected chi connectivity index (χ1v) is 5.49. The Morgan fingerprint density at radius 3 is 2.88 bits per heavy atom. The molecule has 0 bridgehead atoms. The van der Waals surface area contributed by atoms with Crippen LogP contribution in [0.15, 0.2) is 48.7 Å². The maximum absolute atomic E-state index is 5.87. The van der Waals surface area contributed by atoms with E-state index in [4.69, 9.17) is 4.74 Å². The van der Waals surface area contributed by atoms with Crippen molar-refractivity contribution in [1.29, 1.82) is 0 Å². The second-order valence-corrected chi connectivity index (χ2v) is 4.01. The highest BCUT2D eigenvalue weighted by atomic mass is 16.5. The Hall–Kier alpha value is -2.29. The zero-order chi connectivity index (χ0) is 11.7. The average Bonchev–Trinajstić information content (AvgIpc) is 2.78. The third-order valence-corrected chi connectivity index (χ3v) is 2.66. The number of benzene rings is 2. The Morgan fingerprint density at radius 1 is 1.12 bits per heavy atom. The summed E-state index contributed by atoms with van der Waals surface area (Å²) in [6.45, 7) is 2.05. The van der Waals surface area contributed by atoms with Gasteiger partial charge in [0.1, 0.15) is 11.5 Å². The monoisotopic (exact) mass is 224 g/mol. The van der Waals surface area contributed by atoms with Crippen LogP contribution >= 0.6 is 0 Å². The molecule has 17 heavy (non-hydrogen) atoms. The summed E-state index contributed by atoms with van der Waals surface area (Å²) in [6, 6.07) is 13.9. The normalized spacial score (nSPS) is 10.6. The lowest BCUT2D eigenvalue weighted by Gasteiger charge is -2.06. The Labute approximate surface area is 99.0 Å². The van der Waals surface area contributed by atoms with Gasteiger partial charge in [-0.2, -0.15) is 5.10 Å². The molecule has 0 atom stereocenters. The van der Waals surface area contributed by atoms with Crippen LogP contribution in [0.2, 0.25) is 0 Å². The molecule has 1 aromatic heterocycles. The van der Waals surface area contributed by atoms with Crippen molar-refractivity contribution in [3.8, 4) is 11.5 Å². The molecule has 1 N–H and O–H groups in total. The van der Waals surface area contributed by atoms with E-state index in [1.54, 1.807) is 6.20 Å². The first-order chi connectivity index (χ1) is 8.33. The van der Waals surface area contributed by atoms with Gasteiger partial charge in [-0.15, -0.1) is 0 Å². The molecule has 0 fully saturated rings. The molecule has 0 radical (unpaired) electrons. The summed E-state index contributed by atoms with van der Waals surface area (Å²) in [4.78, 5) is 0. The van der Waals surface area contributed by atoms with Gasteiger partial charge in [0.25, 0.3) is 0 Å². The number of aromatic amines is 1. The zero-order valence-corrected chi connectivity index (χ0v) is 9.47. The minimum atomic E-state index is 0.821. The standard InChI is InChI=1S/C14H12N2O/c1-10-4-2-5-11(8-10)17-14-7-3-6-13-12(14)9-15-16-13/h2-9H,1H3,(H,15,16). The highest BCUT2D eigenvalue weighted by molar-refractivity contribution is 5.84. The average molecular weight is 224 g/mol. The molecule has 2 aromatic carbocycles. The fourth-order valence-corrected chi connectivity index (χ4v) is 1.84. The van der Waals surface area contributed by atoms with Crippen molar-refractivity contribution in [3.63, 3.8) is 0 Å². The first-order valence-electron chi connectivity index (χ1n) is 5.49. The predicted octanol–water partition coefficient (Wildman–Crippen LogP) is 3.66. The first kappa shape index (κ1) is 9.90. The topological polar surface area (TPSA) is 37.9 Å². The lowest BCUT2D eigenvalue weighted by atomic mass is 10.2. The molecule has 0 amide bonds. The maximum atomic E-state index is 5.87. The Kier molecular flexibility index (Phi) is 2.29. The molecule has 0 aliphatic carbocycles. The number of H-pyrrole nitrogens is 1. The highest BCUT2D eigenvalue weighted by Crippen LogP contribution is 2.28. The van der Waals surface area contributed by atoms with Crippen LogP contribution in [0.5, 0.6) is 11.5 Å². The van der Waals surface area contributed by atoms with Crippen molar-refractivity contribution < 1.29 is 4.74 Å². The van der Waals surface area contributed by atoms with Gasteiger partial charge in [-0.1, -0.05) is 18.2 Å². The van der Waals surface area contributed by atoms with E-state index in [1.807, 2.05) is 49.4 Å². The van der Waals surface area contributed by atoms with E-state index in [9.17, 15) is 0 Å². The predicted molar refractivity (Wildman–Crippen MR) is 67.3 cm³/mol. The number of rotatable bonds is 2. The Balaban J connectivity index is 2.02. The summed E-state index contributed by atoms with van der Waals surface area (Å²) in [6.07, 6.45) is 1.78. The van der Waals surface area contributed by atoms with Crippen LogP contribution in [-0.2, 0) is 0 Å². The third-order valence-electron chi connectivity index (χ3n) is 2.66. The minimum Gasteiger partial charge on any atom is -0.457 e.